The molecule has 80 heavy (non-hydrogen) atoms. The zero-order valence-corrected chi connectivity index (χ0v) is 45.8. The van der Waals surface area contributed by atoms with Crippen LogP contribution in [0.5, 0.6) is 5.75 Å². The zero-order chi connectivity index (χ0) is 59.9. The molecule has 1 heterocycles. The summed E-state index contributed by atoms with van der Waals surface area (Å²) in [4.78, 5) is 153. The number of hydrogen-bond donors (Lipinski definition) is 16. The van der Waals surface area contributed by atoms with E-state index < -0.39 is 134 Å². The summed E-state index contributed by atoms with van der Waals surface area (Å²) < 4.78 is 17.0. The number of aliphatic carboxylic acids is 2. The minimum atomic E-state index is -5.49. The normalized spacial score (nSPS) is 15.1. The molecular weight excluding hydrogens is 1070 g/mol. The van der Waals surface area contributed by atoms with E-state index in [0.717, 1.165) is 6.92 Å². The second-order valence-electron chi connectivity index (χ2n) is 19.4. The minimum absolute atomic E-state index is 0.0261. The number of aromatic nitrogens is 2. The highest BCUT2D eigenvalue weighted by molar-refractivity contribution is 7.46. The van der Waals surface area contributed by atoms with Crippen molar-refractivity contribution in [2.45, 2.75) is 140 Å². The molecular formula is C50H74N13O16P. The van der Waals surface area contributed by atoms with E-state index in [1.54, 1.807) is 58.0 Å². The van der Waals surface area contributed by atoms with E-state index in [-0.39, 0.29) is 56.3 Å². The number of phosphoric ester groups is 1. The number of aliphatic imine (C=N–C) groups is 1. The number of carboxylic acid groups (broad SMARTS) is 2. The lowest BCUT2D eigenvalue weighted by molar-refractivity contribution is -0.143. The molecule has 0 spiro atoms. The molecule has 3 aromatic rings. The molecule has 0 aliphatic rings. The molecule has 440 valence electrons. The van der Waals surface area contributed by atoms with Crippen LogP contribution in [0.4, 0.5) is 0 Å². The van der Waals surface area contributed by atoms with Crippen LogP contribution in [0.2, 0.25) is 0 Å². The van der Waals surface area contributed by atoms with Crippen LogP contribution in [0.1, 0.15) is 83.5 Å². The van der Waals surface area contributed by atoms with Crippen LogP contribution in [-0.4, -0.2) is 155 Å². The summed E-state index contributed by atoms with van der Waals surface area (Å²) in [5.74, 6) is -11.7. The van der Waals surface area contributed by atoms with Crippen molar-refractivity contribution in [3.05, 3.63) is 83.9 Å². The summed E-state index contributed by atoms with van der Waals surface area (Å²) in [6.45, 7) is 7.83. The summed E-state index contributed by atoms with van der Waals surface area (Å²) in [5.41, 5.74) is 18.2. The summed E-state index contributed by atoms with van der Waals surface area (Å²) in [7, 11) is -5.49. The number of phenolic OH excluding ortho intramolecular Hbond substituents is 1. The number of phosphoric acid groups is 1. The Balaban J connectivity index is 1.99. The fourth-order valence-electron chi connectivity index (χ4n) is 7.94. The van der Waals surface area contributed by atoms with E-state index in [1.807, 2.05) is 0 Å². The van der Waals surface area contributed by atoms with Gasteiger partial charge in [-0.05, 0) is 61.3 Å². The number of benzene rings is 2. The Kier molecular flexibility index (Phi) is 26.7. The predicted octanol–water partition coefficient (Wildman–Crippen LogP) is -1.93. The fourth-order valence-corrected chi connectivity index (χ4v) is 8.49. The summed E-state index contributed by atoms with van der Waals surface area (Å²) >= 11 is 0. The number of nitrogens with zero attached hydrogens (tertiary/aromatic N) is 2. The van der Waals surface area contributed by atoms with Gasteiger partial charge in [0.25, 0.3) is 0 Å². The number of guanidine groups is 1. The van der Waals surface area contributed by atoms with Gasteiger partial charge in [0.2, 0.25) is 41.4 Å². The van der Waals surface area contributed by atoms with E-state index >= 15 is 0 Å². The van der Waals surface area contributed by atoms with Gasteiger partial charge in [-0.15, -0.1) is 0 Å². The quantitative estimate of drug-likeness (QED) is 0.0134. The molecule has 29 nitrogen and oxygen atoms in total. The second-order valence-corrected chi connectivity index (χ2v) is 20.6. The summed E-state index contributed by atoms with van der Waals surface area (Å²) in [6, 6.07) is 0.729. The molecule has 3 rings (SSSR count). The molecule has 0 saturated heterocycles. The van der Waals surface area contributed by atoms with Crippen LogP contribution in [0.25, 0.3) is 0 Å². The van der Waals surface area contributed by atoms with E-state index in [1.165, 1.54) is 36.8 Å². The van der Waals surface area contributed by atoms with Gasteiger partial charge in [-0.1, -0.05) is 76.6 Å². The predicted molar refractivity (Wildman–Crippen MR) is 287 cm³/mol. The molecule has 2 aromatic carbocycles. The lowest BCUT2D eigenvalue weighted by Crippen LogP contribution is -2.62. The summed E-state index contributed by atoms with van der Waals surface area (Å²) in [6.07, 6.45) is -0.569. The maximum atomic E-state index is 14.5. The lowest BCUT2D eigenvalue weighted by atomic mass is 9.96. The molecule has 30 heteroatoms. The molecule has 0 aliphatic heterocycles. The number of carbonyl (C=O) groups is 9. The number of imidazole rings is 1. The van der Waals surface area contributed by atoms with Crippen molar-refractivity contribution < 1.29 is 77.3 Å². The maximum Gasteiger partial charge on any atom is 0.469 e. The first-order chi connectivity index (χ1) is 37.6. The molecule has 19 N–H and O–H groups in total. The summed E-state index contributed by atoms with van der Waals surface area (Å²) in [5, 5.41) is 46.9. The Hall–Kier alpha value is -7.98. The van der Waals surface area contributed by atoms with Gasteiger partial charge in [-0.2, -0.15) is 0 Å². The van der Waals surface area contributed by atoms with Crippen molar-refractivity contribution in [2.24, 2.45) is 34.0 Å². The molecule has 0 aliphatic carbocycles. The Morgan fingerprint density at radius 1 is 0.675 bits per heavy atom. The van der Waals surface area contributed by atoms with Gasteiger partial charge in [-0.3, -0.25) is 47.9 Å². The number of rotatable bonds is 34. The third kappa shape index (κ3) is 23.5. The number of H-pyrrole nitrogens is 1. The number of aromatic hydroxyl groups is 1. The number of hydrogen-bond acceptors (Lipinski definition) is 15. The monoisotopic (exact) mass is 1140 g/mol. The van der Waals surface area contributed by atoms with E-state index in [0.29, 0.717) is 23.2 Å². The molecule has 0 bridgehead atoms. The van der Waals surface area contributed by atoms with Gasteiger partial charge in [-0.25, -0.2) is 14.3 Å². The highest BCUT2D eigenvalue weighted by atomic mass is 31.2. The Morgan fingerprint density at radius 2 is 1.19 bits per heavy atom. The van der Waals surface area contributed by atoms with Gasteiger partial charge in [0.1, 0.15) is 48.0 Å². The topological polar surface area (TPSA) is 484 Å². The number of nitrogens with one attached hydrogen (secondary N) is 8. The highest BCUT2D eigenvalue weighted by Crippen LogP contribution is 2.38. The molecule has 10 atom stereocenters. The average Bonchev–Trinajstić information content (AvgIpc) is 3.90. The van der Waals surface area contributed by atoms with Crippen molar-refractivity contribution >= 4 is 67.1 Å². The van der Waals surface area contributed by atoms with Gasteiger partial charge >= 0.3 is 19.8 Å². The average molecular weight is 1140 g/mol. The van der Waals surface area contributed by atoms with Crippen molar-refractivity contribution in [2.75, 3.05) is 6.54 Å². The molecule has 7 amide bonds. The third-order valence-electron chi connectivity index (χ3n) is 12.3. The SMILES string of the molecule is CC[C@H](C)[C@H](NC(=O)[C@H](CC(C)C)NC(=O)[C@H](Cc1ccc(O)cc1)NC(=O)[C@@H](NC(=O)[C@H](CC(=O)O)NC(=O)[C@H](Cc1ccccc1)NC(=O)[C@@H](N)Cc1cnc[nH]1)[C@@H](C)OP(=O)(O)O)C(=O)N[C@@H](CCCN=C(N)N)C(=O)O. The van der Waals surface area contributed by atoms with Gasteiger partial charge in [0.05, 0.1) is 24.9 Å². The number of carbonyl (C=O) groups excluding carboxylic acids is 7. The molecule has 0 saturated carbocycles. The van der Waals surface area contributed by atoms with E-state index in [2.05, 4.69) is 52.2 Å². The van der Waals surface area contributed by atoms with E-state index in [4.69, 9.17) is 21.7 Å². The number of phenols is 1. The Morgan fingerprint density at radius 3 is 1.71 bits per heavy atom. The number of carboxylic acids is 2. The van der Waals surface area contributed by atoms with Crippen LogP contribution in [0, 0.1) is 11.8 Å². The van der Waals surface area contributed by atoms with Crippen LogP contribution < -0.4 is 54.4 Å². The molecule has 1 aromatic heterocycles. The standard InChI is InChI=1S/C50H74N13O16P/c1-6-27(4)40(47(72)57-34(49(74)75)13-10-18-55-50(52)53)62-45(70)35(19-26(2)3)59-44(69)37(21-30-14-16-32(64)17-15-30)61-48(73)41(28(5)79-80(76,77)78)63-46(71)38(23-39(65)66)60-43(68)36(20-29-11-8-7-9-12-29)58-42(67)33(51)22-31-24-54-25-56-31/h7-9,11-12,14-17,24-28,33-38,40-41,64H,6,10,13,18-23,51H2,1-5H3,(H,54,56)(H,57,72)(H,58,67)(H,59,69)(H,60,68)(H,61,73)(H,62,70)(H,63,71)(H,65,66)(H,74,75)(H4,52,53,55)(H2,76,77,78)/t27-,28+,33-,34-,35-,36-,37-,38-,40-,41-/m0/s1. The number of amides is 7. The van der Waals surface area contributed by atoms with Crippen LogP contribution in [0.15, 0.2) is 72.1 Å². The molecule has 0 fully saturated rings. The first kappa shape index (κ1) is 66.3. The second kappa shape index (κ2) is 32.2. The zero-order valence-electron chi connectivity index (χ0n) is 44.9. The lowest BCUT2D eigenvalue weighted by Gasteiger charge is -2.30. The Bertz CT molecular complexity index is 2640. The number of aromatic amines is 1. The van der Waals surface area contributed by atoms with Crippen molar-refractivity contribution in [1.82, 2.24) is 47.2 Å². The van der Waals surface area contributed by atoms with Crippen LogP contribution >= 0.6 is 7.82 Å². The van der Waals surface area contributed by atoms with Crippen LogP contribution in [0.3, 0.4) is 0 Å². The highest BCUT2D eigenvalue weighted by Gasteiger charge is 2.39. The molecule has 0 radical (unpaired) electrons. The molecule has 0 unspecified atom stereocenters. The van der Waals surface area contributed by atoms with Gasteiger partial charge in [0.15, 0.2) is 5.96 Å². The largest absolute Gasteiger partial charge is 0.508 e. The van der Waals surface area contributed by atoms with E-state index in [9.17, 15) is 72.8 Å². The Labute approximate surface area is 461 Å². The maximum absolute atomic E-state index is 14.5. The number of nitrogens with two attached hydrogens (primary N) is 3. The third-order valence-corrected chi connectivity index (χ3v) is 12.9. The fraction of sp³-hybridized carbons (Fsp3) is 0.500. The van der Waals surface area contributed by atoms with Gasteiger partial charge < -0.3 is 84.5 Å². The van der Waals surface area contributed by atoms with Crippen molar-refractivity contribution in [3.63, 3.8) is 0 Å². The van der Waals surface area contributed by atoms with Crippen LogP contribution in [-0.2, 0) is 71.5 Å². The van der Waals surface area contributed by atoms with Crippen molar-refractivity contribution in [3.8, 4) is 5.75 Å². The first-order valence-corrected chi connectivity index (χ1v) is 27.0. The smallest absolute Gasteiger partial charge is 0.469 e. The first-order valence-electron chi connectivity index (χ1n) is 25.5. The minimum Gasteiger partial charge on any atom is -0.508 e. The van der Waals surface area contributed by atoms with Gasteiger partial charge in [0, 0.05) is 37.7 Å². The van der Waals surface area contributed by atoms with Crippen molar-refractivity contribution in [1.29, 1.82) is 0 Å².